The summed E-state index contributed by atoms with van der Waals surface area (Å²) in [4.78, 5) is 11.7. The van der Waals surface area contributed by atoms with E-state index in [2.05, 4.69) is 24.6 Å². The smallest absolute Gasteiger partial charge is 0.211 e. The Kier molecular flexibility index (Phi) is 8.85. The van der Waals surface area contributed by atoms with Gasteiger partial charge in [0.25, 0.3) is 0 Å². The molecule has 0 saturated carbocycles. The standard InChI is InChI=1S/C15H16O5/c1-3-7-14(18)13(9-5-8-12(17)4-2)15(19)20-11-6-10-16/h4-5,7-11,13,15-17,19H,1-2H2. The quantitative estimate of drug-likeness (QED) is 0.208. The maximum absolute atomic E-state index is 11.7. The van der Waals surface area contributed by atoms with Crippen molar-refractivity contribution in [2.24, 2.45) is 5.92 Å². The van der Waals surface area contributed by atoms with Gasteiger partial charge < -0.3 is 20.1 Å². The van der Waals surface area contributed by atoms with Crippen LogP contribution in [0, 0.1) is 5.92 Å². The van der Waals surface area contributed by atoms with Crippen LogP contribution in [0.4, 0.5) is 0 Å². The first kappa shape index (κ1) is 17.3. The summed E-state index contributed by atoms with van der Waals surface area (Å²) < 4.78 is 4.78. The zero-order valence-electron chi connectivity index (χ0n) is 10.8. The zero-order valence-corrected chi connectivity index (χ0v) is 10.8. The van der Waals surface area contributed by atoms with Crippen LogP contribution in [-0.4, -0.2) is 27.4 Å². The highest BCUT2D eigenvalue weighted by molar-refractivity contribution is 5.93. The Bertz CT molecular complexity index is 500. The largest absolute Gasteiger partial charge is 0.508 e. The Balaban J connectivity index is 5.07. The molecular weight excluding hydrogens is 260 g/mol. The van der Waals surface area contributed by atoms with E-state index >= 15 is 0 Å². The van der Waals surface area contributed by atoms with Gasteiger partial charge in [-0.2, -0.15) is 0 Å². The molecule has 0 rings (SSSR count). The molecule has 0 saturated heterocycles. The first-order valence-corrected chi connectivity index (χ1v) is 5.53. The second-order valence-electron chi connectivity index (χ2n) is 3.40. The first-order chi connectivity index (χ1) is 9.56. The summed E-state index contributed by atoms with van der Waals surface area (Å²) in [7, 11) is 0. The van der Waals surface area contributed by atoms with Crippen molar-refractivity contribution in [2.75, 3.05) is 0 Å². The van der Waals surface area contributed by atoms with Crippen LogP contribution < -0.4 is 0 Å². The maximum atomic E-state index is 11.7. The number of allylic oxidation sites excluding steroid dienone is 4. The number of ether oxygens (including phenoxy) is 1. The van der Waals surface area contributed by atoms with E-state index in [1.165, 1.54) is 24.3 Å². The number of carbonyl (C=O) groups excluding carboxylic acids is 1. The van der Waals surface area contributed by atoms with Crippen LogP contribution in [0.15, 0.2) is 73.3 Å². The molecule has 0 aromatic carbocycles. The second-order valence-corrected chi connectivity index (χ2v) is 3.40. The molecule has 2 unspecified atom stereocenters. The zero-order chi connectivity index (χ0) is 15.4. The average Bonchev–Trinajstić information content (AvgIpc) is 2.43. The minimum atomic E-state index is -1.49. The lowest BCUT2D eigenvalue weighted by Crippen LogP contribution is -2.26. The Morgan fingerprint density at radius 2 is 2.10 bits per heavy atom. The minimum Gasteiger partial charge on any atom is -0.508 e. The Hall–Kier alpha value is -2.71. The van der Waals surface area contributed by atoms with E-state index in [0.717, 1.165) is 12.3 Å². The molecule has 3 N–H and O–H groups in total. The average molecular weight is 276 g/mol. The van der Waals surface area contributed by atoms with E-state index in [-0.39, 0.29) is 5.76 Å². The van der Waals surface area contributed by atoms with E-state index < -0.39 is 18.0 Å². The molecule has 2 atom stereocenters. The Morgan fingerprint density at radius 1 is 1.40 bits per heavy atom. The molecule has 0 aromatic rings. The summed E-state index contributed by atoms with van der Waals surface area (Å²) in [6.45, 7) is 6.62. The topological polar surface area (TPSA) is 87.0 Å². The van der Waals surface area contributed by atoms with E-state index in [1.54, 1.807) is 0 Å². The molecule has 20 heavy (non-hydrogen) atoms. The van der Waals surface area contributed by atoms with E-state index in [1.807, 2.05) is 0 Å². The number of carbonyl (C=O) groups is 1. The van der Waals surface area contributed by atoms with Gasteiger partial charge in [-0.1, -0.05) is 25.3 Å². The Morgan fingerprint density at radius 3 is 2.65 bits per heavy atom. The molecular formula is C15H16O5. The third-order valence-electron chi connectivity index (χ3n) is 2.02. The molecule has 5 nitrogen and oxygen atoms in total. The van der Waals surface area contributed by atoms with Crippen LogP contribution in [0.2, 0.25) is 0 Å². The molecule has 0 fully saturated rings. The van der Waals surface area contributed by atoms with Crippen LogP contribution in [0.25, 0.3) is 0 Å². The maximum Gasteiger partial charge on any atom is 0.211 e. The lowest BCUT2D eigenvalue weighted by Gasteiger charge is -2.15. The first-order valence-electron chi connectivity index (χ1n) is 5.53. The second kappa shape index (κ2) is 10.2. The molecule has 5 heteroatoms. The van der Waals surface area contributed by atoms with E-state index in [0.29, 0.717) is 6.26 Å². The van der Waals surface area contributed by atoms with Gasteiger partial charge >= 0.3 is 0 Å². The van der Waals surface area contributed by atoms with Gasteiger partial charge in [0.1, 0.15) is 24.2 Å². The molecule has 0 spiro atoms. The molecule has 0 aliphatic carbocycles. The molecule has 0 aliphatic heterocycles. The number of ketones is 1. The van der Waals surface area contributed by atoms with Crippen molar-refractivity contribution in [3.8, 4) is 0 Å². The number of aliphatic hydroxyl groups excluding tert-OH is 3. The van der Waals surface area contributed by atoms with Gasteiger partial charge in [-0.15, -0.1) is 5.73 Å². The Labute approximate surface area is 117 Å². The minimum absolute atomic E-state index is 0.0924. The normalized spacial score (nSPS) is 13.6. The monoisotopic (exact) mass is 276 g/mol. The van der Waals surface area contributed by atoms with Gasteiger partial charge in [0.05, 0.1) is 0 Å². The van der Waals surface area contributed by atoms with Crippen LogP contribution in [0.3, 0.4) is 0 Å². The van der Waals surface area contributed by atoms with Crippen molar-refractivity contribution in [3.05, 3.63) is 73.3 Å². The summed E-state index contributed by atoms with van der Waals surface area (Å²) in [6.07, 6.45) is 6.28. The predicted octanol–water partition coefficient (Wildman–Crippen LogP) is 2.22. The highest BCUT2D eigenvalue weighted by Gasteiger charge is 2.23. The summed E-state index contributed by atoms with van der Waals surface area (Å²) in [6, 6.07) is 0. The fourth-order valence-corrected chi connectivity index (χ4v) is 1.09. The SMILES string of the molecule is C=C=CC(=O)C(C=CC=C(O)C=C)C(O)OC=C=CO. The predicted molar refractivity (Wildman–Crippen MR) is 74.6 cm³/mol. The van der Waals surface area contributed by atoms with Gasteiger partial charge in [-0.05, 0) is 17.9 Å². The van der Waals surface area contributed by atoms with Gasteiger partial charge in [0, 0.05) is 6.08 Å². The van der Waals surface area contributed by atoms with Gasteiger partial charge in [0.2, 0.25) is 6.29 Å². The summed E-state index contributed by atoms with van der Waals surface area (Å²) in [5.74, 6) is -1.61. The number of rotatable bonds is 8. The molecule has 106 valence electrons. The molecule has 0 bridgehead atoms. The summed E-state index contributed by atoms with van der Waals surface area (Å²) in [5, 5.41) is 27.2. The van der Waals surface area contributed by atoms with Crippen molar-refractivity contribution in [2.45, 2.75) is 6.29 Å². The number of aliphatic hydroxyl groups is 3. The van der Waals surface area contributed by atoms with E-state index in [9.17, 15) is 9.90 Å². The number of hydrogen-bond acceptors (Lipinski definition) is 5. The van der Waals surface area contributed by atoms with Crippen LogP contribution in [0.1, 0.15) is 0 Å². The van der Waals surface area contributed by atoms with Crippen molar-refractivity contribution in [1.82, 2.24) is 0 Å². The third kappa shape index (κ3) is 6.89. The molecule has 0 aliphatic rings. The summed E-state index contributed by atoms with van der Waals surface area (Å²) >= 11 is 0. The van der Waals surface area contributed by atoms with Crippen molar-refractivity contribution >= 4 is 5.78 Å². The van der Waals surface area contributed by atoms with Crippen LogP contribution >= 0.6 is 0 Å². The van der Waals surface area contributed by atoms with Crippen molar-refractivity contribution < 1.29 is 24.9 Å². The molecule has 0 amide bonds. The highest BCUT2D eigenvalue weighted by atomic mass is 16.6. The fraction of sp³-hybridized carbons (Fsp3) is 0.133. The highest BCUT2D eigenvalue weighted by Crippen LogP contribution is 2.11. The fourth-order valence-electron chi connectivity index (χ4n) is 1.09. The van der Waals surface area contributed by atoms with Crippen molar-refractivity contribution in [3.63, 3.8) is 0 Å². The van der Waals surface area contributed by atoms with Crippen LogP contribution in [-0.2, 0) is 9.53 Å². The van der Waals surface area contributed by atoms with E-state index in [4.69, 9.17) is 14.9 Å². The molecule has 0 aromatic heterocycles. The van der Waals surface area contributed by atoms with Gasteiger partial charge in [0.15, 0.2) is 5.78 Å². The molecule has 0 radical (unpaired) electrons. The van der Waals surface area contributed by atoms with Crippen LogP contribution in [0.5, 0.6) is 0 Å². The van der Waals surface area contributed by atoms with Crippen molar-refractivity contribution in [1.29, 1.82) is 0 Å². The number of hydrogen-bond donors (Lipinski definition) is 3. The molecule has 0 heterocycles. The lowest BCUT2D eigenvalue weighted by atomic mass is 10.0. The van der Waals surface area contributed by atoms with Gasteiger partial charge in [-0.3, -0.25) is 4.79 Å². The van der Waals surface area contributed by atoms with Gasteiger partial charge in [-0.25, -0.2) is 0 Å². The lowest BCUT2D eigenvalue weighted by molar-refractivity contribution is -0.131. The third-order valence-corrected chi connectivity index (χ3v) is 2.02. The summed E-state index contributed by atoms with van der Waals surface area (Å²) in [5.41, 5.74) is 4.48.